The molecule has 0 unspecified atom stereocenters. The number of carbonyl (C=O) groups is 2. The van der Waals surface area contributed by atoms with E-state index < -0.39 is 12.1 Å². The second-order valence-electron chi connectivity index (χ2n) is 4.76. The Morgan fingerprint density at radius 1 is 1.50 bits per heavy atom. The van der Waals surface area contributed by atoms with Gasteiger partial charge in [-0.25, -0.2) is 4.79 Å². The number of rotatable bonds is 4. The highest BCUT2D eigenvalue weighted by molar-refractivity contribution is 9.10. The molecule has 0 aliphatic carbocycles. The van der Waals surface area contributed by atoms with E-state index in [0.29, 0.717) is 22.6 Å². The Kier molecular flexibility index (Phi) is 4.83. The molecule has 2 amide bonds. The van der Waals surface area contributed by atoms with Gasteiger partial charge in [0, 0.05) is 21.3 Å². The van der Waals surface area contributed by atoms with Gasteiger partial charge in [-0.15, -0.1) is 0 Å². The summed E-state index contributed by atoms with van der Waals surface area (Å²) in [5.41, 5.74) is 1.58. The minimum absolute atomic E-state index is 0.119. The molecule has 1 aromatic rings. The molecule has 1 aliphatic heterocycles. The summed E-state index contributed by atoms with van der Waals surface area (Å²) in [6.07, 6.45) is 0. The Morgan fingerprint density at radius 3 is 2.86 bits per heavy atom. The van der Waals surface area contributed by atoms with Crippen molar-refractivity contribution in [3.8, 4) is 11.8 Å². The van der Waals surface area contributed by atoms with Crippen LogP contribution in [0.25, 0.3) is 0 Å². The molecule has 0 radical (unpaired) electrons. The number of amides is 2. The maximum atomic E-state index is 12.0. The number of halogens is 1. The van der Waals surface area contributed by atoms with Crippen LogP contribution in [0.3, 0.4) is 0 Å². The molecule has 114 valence electrons. The molecule has 0 bridgehead atoms. The number of hydrogen-bond acceptors (Lipinski definition) is 4. The number of ether oxygens (including phenoxy) is 1. The minimum atomic E-state index is -0.627. The van der Waals surface area contributed by atoms with Crippen LogP contribution in [0, 0.1) is 11.3 Å². The van der Waals surface area contributed by atoms with Crippen molar-refractivity contribution in [2.45, 2.75) is 19.9 Å². The van der Waals surface area contributed by atoms with E-state index in [2.05, 4.69) is 26.6 Å². The van der Waals surface area contributed by atoms with Gasteiger partial charge in [0.15, 0.2) is 12.4 Å². The molecule has 1 aromatic carbocycles. The van der Waals surface area contributed by atoms with Crippen molar-refractivity contribution in [3.05, 3.63) is 39.5 Å². The molecule has 1 aliphatic rings. The van der Waals surface area contributed by atoms with Gasteiger partial charge in [0.1, 0.15) is 11.8 Å². The zero-order chi connectivity index (χ0) is 16.3. The first-order valence-corrected chi connectivity index (χ1v) is 7.31. The van der Waals surface area contributed by atoms with Crippen molar-refractivity contribution in [1.29, 1.82) is 5.26 Å². The van der Waals surface area contributed by atoms with Crippen LogP contribution >= 0.6 is 15.9 Å². The highest BCUT2D eigenvalue weighted by Crippen LogP contribution is 2.35. The minimum Gasteiger partial charge on any atom is -0.478 e. The molecule has 0 aromatic heterocycles. The molecule has 1 atom stereocenters. The van der Waals surface area contributed by atoms with Gasteiger partial charge in [-0.1, -0.05) is 15.9 Å². The summed E-state index contributed by atoms with van der Waals surface area (Å²) in [7, 11) is 0. The number of allylic oxidation sites excluding steroid dienone is 1. The largest absolute Gasteiger partial charge is 0.478 e. The molecular weight excluding hydrogens is 350 g/mol. The molecule has 1 heterocycles. The molecular formula is C15H14BrN3O3. The summed E-state index contributed by atoms with van der Waals surface area (Å²) in [6.45, 7) is 3.00. The van der Waals surface area contributed by atoms with E-state index in [1.807, 2.05) is 6.07 Å². The normalized spacial score (nSPS) is 17.4. The van der Waals surface area contributed by atoms with Gasteiger partial charge < -0.3 is 15.4 Å². The van der Waals surface area contributed by atoms with Crippen molar-refractivity contribution in [2.75, 3.05) is 6.61 Å². The molecule has 22 heavy (non-hydrogen) atoms. The average molecular weight is 364 g/mol. The van der Waals surface area contributed by atoms with E-state index in [1.54, 1.807) is 25.1 Å². The van der Waals surface area contributed by atoms with Crippen LogP contribution in [0.4, 0.5) is 4.79 Å². The number of nitrogens with one attached hydrogen (secondary N) is 2. The first-order valence-electron chi connectivity index (χ1n) is 6.52. The SMILES string of the molecule is CC(=O)C1=C(C)NC(=O)N[C@H]1c1cc(Br)ccc1OCC#N. The number of urea groups is 1. The number of ketones is 1. The maximum Gasteiger partial charge on any atom is 0.319 e. The standard InChI is InChI=1S/C15H14BrN3O3/c1-8-13(9(2)20)14(19-15(21)18-8)11-7-10(16)3-4-12(11)22-6-5-17/h3-4,7,14H,6H2,1-2H3,(H2,18,19,21)/t14-/m0/s1. The second-order valence-corrected chi connectivity index (χ2v) is 5.67. The smallest absolute Gasteiger partial charge is 0.319 e. The van der Waals surface area contributed by atoms with Crippen LogP contribution < -0.4 is 15.4 Å². The van der Waals surface area contributed by atoms with E-state index in [4.69, 9.17) is 10.00 Å². The first-order chi connectivity index (χ1) is 10.4. The van der Waals surface area contributed by atoms with Crippen LogP contribution in [0.15, 0.2) is 33.9 Å². The van der Waals surface area contributed by atoms with Gasteiger partial charge in [-0.05, 0) is 32.0 Å². The van der Waals surface area contributed by atoms with Crippen LogP contribution in [0.2, 0.25) is 0 Å². The van der Waals surface area contributed by atoms with Gasteiger partial charge >= 0.3 is 6.03 Å². The fraction of sp³-hybridized carbons (Fsp3) is 0.267. The lowest BCUT2D eigenvalue weighted by Gasteiger charge is -2.29. The van der Waals surface area contributed by atoms with E-state index in [1.165, 1.54) is 6.92 Å². The predicted octanol–water partition coefficient (Wildman–Crippen LogP) is 2.57. The molecule has 0 saturated carbocycles. The Hall–Kier alpha value is -2.33. The zero-order valence-corrected chi connectivity index (χ0v) is 13.7. The fourth-order valence-corrected chi connectivity index (χ4v) is 2.76. The summed E-state index contributed by atoms with van der Waals surface area (Å²) < 4.78 is 6.18. The van der Waals surface area contributed by atoms with Gasteiger partial charge in [-0.3, -0.25) is 4.79 Å². The summed E-state index contributed by atoms with van der Waals surface area (Å²) >= 11 is 3.37. The van der Waals surface area contributed by atoms with E-state index in [9.17, 15) is 9.59 Å². The van der Waals surface area contributed by atoms with E-state index in [0.717, 1.165) is 4.47 Å². The van der Waals surface area contributed by atoms with E-state index >= 15 is 0 Å². The third kappa shape index (κ3) is 3.28. The number of Topliss-reactive ketones (excluding diaryl/α,β-unsaturated/α-hetero) is 1. The molecule has 0 fully saturated rings. The third-order valence-corrected chi connectivity index (χ3v) is 3.72. The highest BCUT2D eigenvalue weighted by atomic mass is 79.9. The number of carbonyl (C=O) groups excluding carboxylic acids is 2. The lowest BCUT2D eigenvalue weighted by molar-refractivity contribution is -0.114. The monoisotopic (exact) mass is 363 g/mol. The topological polar surface area (TPSA) is 91.2 Å². The predicted molar refractivity (Wildman–Crippen MR) is 83.0 cm³/mol. The second kappa shape index (κ2) is 6.62. The number of nitrogens with zero attached hydrogens (tertiary/aromatic N) is 1. The highest BCUT2D eigenvalue weighted by Gasteiger charge is 2.31. The lowest BCUT2D eigenvalue weighted by atomic mass is 9.92. The van der Waals surface area contributed by atoms with E-state index in [-0.39, 0.29) is 12.4 Å². The molecule has 0 spiro atoms. The van der Waals surface area contributed by atoms with Crippen LogP contribution in [-0.4, -0.2) is 18.4 Å². The first kappa shape index (κ1) is 16.0. The van der Waals surface area contributed by atoms with Gasteiger partial charge in [-0.2, -0.15) is 5.26 Å². The zero-order valence-electron chi connectivity index (χ0n) is 12.1. The molecule has 2 rings (SSSR count). The van der Waals surface area contributed by atoms with Crippen molar-refractivity contribution < 1.29 is 14.3 Å². The number of benzene rings is 1. The maximum absolute atomic E-state index is 12.0. The van der Waals surface area contributed by atoms with Crippen molar-refractivity contribution in [3.63, 3.8) is 0 Å². The molecule has 0 saturated heterocycles. The summed E-state index contributed by atoms with van der Waals surface area (Å²) in [4.78, 5) is 23.7. The Balaban J connectivity index is 2.55. The fourth-order valence-electron chi connectivity index (χ4n) is 2.38. The quantitative estimate of drug-likeness (QED) is 0.859. The van der Waals surface area contributed by atoms with Crippen LogP contribution in [0.1, 0.15) is 25.5 Å². The Morgan fingerprint density at radius 2 is 2.23 bits per heavy atom. The Labute approximate surface area is 136 Å². The lowest BCUT2D eigenvalue weighted by Crippen LogP contribution is -2.44. The Bertz CT molecular complexity index is 706. The molecule has 7 heteroatoms. The van der Waals surface area contributed by atoms with Gasteiger partial charge in [0.2, 0.25) is 0 Å². The molecule has 6 nitrogen and oxygen atoms in total. The third-order valence-electron chi connectivity index (χ3n) is 3.22. The van der Waals surface area contributed by atoms with Crippen molar-refractivity contribution in [1.82, 2.24) is 10.6 Å². The average Bonchev–Trinajstić information content (AvgIpc) is 2.44. The summed E-state index contributed by atoms with van der Waals surface area (Å²) in [5.74, 6) is 0.296. The van der Waals surface area contributed by atoms with Gasteiger partial charge in [0.05, 0.1) is 6.04 Å². The summed E-state index contributed by atoms with van der Waals surface area (Å²) in [5, 5.41) is 14.0. The van der Waals surface area contributed by atoms with Gasteiger partial charge in [0.25, 0.3) is 0 Å². The number of hydrogen-bond donors (Lipinski definition) is 2. The van der Waals surface area contributed by atoms with Crippen molar-refractivity contribution >= 4 is 27.7 Å². The summed E-state index contributed by atoms with van der Waals surface area (Å²) in [6, 6.07) is 6.11. The van der Waals surface area contributed by atoms with Crippen LogP contribution in [-0.2, 0) is 4.79 Å². The number of nitriles is 1. The van der Waals surface area contributed by atoms with Crippen molar-refractivity contribution in [2.24, 2.45) is 0 Å². The molecule has 2 N–H and O–H groups in total. The van der Waals surface area contributed by atoms with Crippen LogP contribution in [0.5, 0.6) is 5.75 Å².